The van der Waals surface area contributed by atoms with Gasteiger partial charge in [-0.15, -0.1) is 0 Å². The van der Waals surface area contributed by atoms with E-state index in [1.54, 1.807) is 6.07 Å². The Kier molecular flexibility index (Phi) is 5.94. The minimum atomic E-state index is -0.441. The fraction of sp³-hybridized carbons (Fsp3) is 0.333. The fourth-order valence-electron chi connectivity index (χ4n) is 5.33. The van der Waals surface area contributed by atoms with Gasteiger partial charge in [-0.05, 0) is 79.4 Å². The summed E-state index contributed by atoms with van der Waals surface area (Å²) in [7, 11) is 0. The van der Waals surface area contributed by atoms with Crippen LogP contribution < -0.4 is 4.90 Å². The lowest BCUT2D eigenvalue weighted by Gasteiger charge is -2.39. The zero-order chi connectivity index (χ0) is 22.1. The summed E-state index contributed by atoms with van der Waals surface area (Å²) in [5.74, 6) is -0.263. The summed E-state index contributed by atoms with van der Waals surface area (Å²) in [6, 6.07) is 21.6. The maximum Gasteiger partial charge on any atom is 0.123 e. The molecule has 2 heterocycles. The van der Waals surface area contributed by atoms with Crippen LogP contribution in [0, 0.1) is 11.6 Å². The molecule has 0 spiro atoms. The molecule has 2 aliphatic heterocycles. The van der Waals surface area contributed by atoms with Crippen molar-refractivity contribution in [1.29, 1.82) is 0 Å². The van der Waals surface area contributed by atoms with E-state index >= 15 is 0 Å². The average molecular weight is 435 g/mol. The van der Waals surface area contributed by atoms with Crippen molar-refractivity contribution in [2.45, 2.75) is 37.3 Å². The fourth-order valence-corrected chi connectivity index (χ4v) is 5.33. The zero-order valence-corrected chi connectivity index (χ0v) is 18.0. The van der Waals surface area contributed by atoms with Gasteiger partial charge in [-0.2, -0.15) is 0 Å². The Hall–Kier alpha value is -2.76. The lowest BCUT2D eigenvalue weighted by Crippen LogP contribution is -2.45. The number of hydrogen-bond donors (Lipinski definition) is 1. The van der Waals surface area contributed by atoms with Gasteiger partial charge in [-0.25, -0.2) is 8.78 Å². The van der Waals surface area contributed by atoms with Crippen LogP contribution in [-0.4, -0.2) is 35.7 Å². The Bertz CT molecular complexity index is 1060. The van der Waals surface area contributed by atoms with Crippen molar-refractivity contribution in [2.24, 2.45) is 0 Å². The summed E-state index contributed by atoms with van der Waals surface area (Å²) in [6.45, 7) is 2.73. The number of likely N-dealkylation sites (tertiary alicyclic amines) is 1. The van der Waals surface area contributed by atoms with E-state index in [0.717, 1.165) is 61.4 Å². The number of nitrogens with zero attached hydrogens (tertiary/aromatic N) is 2. The smallest absolute Gasteiger partial charge is 0.123 e. The van der Waals surface area contributed by atoms with Gasteiger partial charge in [0.2, 0.25) is 0 Å². The molecule has 5 heteroatoms. The van der Waals surface area contributed by atoms with Crippen LogP contribution >= 0.6 is 0 Å². The first kappa shape index (κ1) is 21.1. The van der Waals surface area contributed by atoms with E-state index in [4.69, 9.17) is 0 Å². The maximum atomic E-state index is 14.1. The van der Waals surface area contributed by atoms with Gasteiger partial charge >= 0.3 is 0 Å². The van der Waals surface area contributed by atoms with Crippen molar-refractivity contribution in [3.8, 4) is 0 Å². The van der Waals surface area contributed by atoms with Crippen LogP contribution in [0.25, 0.3) is 0 Å². The normalized spacial score (nSPS) is 21.3. The highest BCUT2D eigenvalue weighted by Crippen LogP contribution is 2.48. The van der Waals surface area contributed by atoms with Crippen molar-refractivity contribution in [3.05, 3.63) is 95.6 Å². The van der Waals surface area contributed by atoms with E-state index in [1.165, 1.54) is 18.2 Å². The van der Waals surface area contributed by atoms with E-state index in [-0.39, 0.29) is 23.6 Å². The van der Waals surface area contributed by atoms with Crippen molar-refractivity contribution < 1.29 is 13.9 Å². The highest BCUT2D eigenvalue weighted by Gasteiger charge is 2.42. The van der Waals surface area contributed by atoms with E-state index in [1.807, 2.05) is 48.5 Å². The first-order valence-electron chi connectivity index (χ1n) is 11.4. The summed E-state index contributed by atoms with van der Waals surface area (Å²) >= 11 is 0. The number of anilines is 2. The first-order valence-corrected chi connectivity index (χ1v) is 11.4. The summed E-state index contributed by atoms with van der Waals surface area (Å²) in [5, 5.41) is 10.4. The molecule has 0 saturated carbocycles. The Morgan fingerprint density at radius 3 is 2.47 bits per heavy atom. The molecule has 32 heavy (non-hydrogen) atoms. The van der Waals surface area contributed by atoms with Crippen LogP contribution in [0.3, 0.4) is 0 Å². The van der Waals surface area contributed by atoms with E-state index in [0.29, 0.717) is 0 Å². The van der Waals surface area contributed by atoms with Gasteiger partial charge in [-0.1, -0.05) is 30.3 Å². The van der Waals surface area contributed by atoms with Crippen LogP contribution in [0.4, 0.5) is 20.2 Å². The minimum Gasteiger partial charge on any atom is -0.388 e. The molecule has 3 nitrogen and oxygen atoms in total. The number of piperidine rings is 1. The number of benzene rings is 3. The number of rotatable bonds is 6. The Morgan fingerprint density at radius 1 is 0.938 bits per heavy atom. The predicted octanol–water partition coefficient (Wildman–Crippen LogP) is 5.79. The van der Waals surface area contributed by atoms with E-state index in [2.05, 4.69) is 9.80 Å². The summed E-state index contributed by atoms with van der Waals surface area (Å²) in [5.41, 5.74) is 3.97. The van der Waals surface area contributed by atoms with Crippen LogP contribution in [0.15, 0.2) is 72.8 Å². The van der Waals surface area contributed by atoms with Gasteiger partial charge in [0.1, 0.15) is 11.6 Å². The number of aliphatic hydroxyl groups excluding tert-OH is 1. The van der Waals surface area contributed by atoms with Gasteiger partial charge in [0.25, 0.3) is 0 Å². The Balaban J connectivity index is 1.29. The van der Waals surface area contributed by atoms with Crippen molar-refractivity contribution >= 4 is 11.4 Å². The molecule has 3 atom stereocenters. The Labute approximate surface area is 187 Å². The van der Waals surface area contributed by atoms with Gasteiger partial charge in [0.05, 0.1) is 6.10 Å². The van der Waals surface area contributed by atoms with Crippen molar-refractivity contribution in [2.75, 3.05) is 24.5 Å². The number of hydrogen-bond acceptors (Lipinski definition) is 3. The molecule has 1 fully saturated rings. The highest BCUT2D eigenvalue weighted by molar-refractivity contribution is 5.73. The average Bonchev–Trinajstić information content (AvgIpc) is 3.13. The molecule has 0 aromatic heterocycles. The zero-order valence-electron chi connectivity index (χ0n) is 18.0. The third kappa shape index (κ3) is 4.15. The second-order valence-corrected chi connectivity index (χ2v) is 8.88. The van der Waals surface area contributed by atoms with Crippen molar-refractivity contribution in [1.82, 2.24) is 4.90 Å². The lowest BCUT2D eigenvalue weighted by atomic mass is 9.88. The van der Waals surface area contributed by atoms with Gasteiger partial charge in [-0.3, -0.25) is 0 Å². The van der Waals surface area contributed by atoms with Crippen LogP contribution in [0.2, 0.25) is 0 Å². The summed E-state index contributed by atoms with van der Waals surface area (Å²) in [6.07, 6.45) is 2.15. The molecule has 5 rings (SSSR count). The number of fused-ring (bicyclic) bond motifs is 3. The molecule has 1 unspecified atom stereocenters. The third-order valence-corrected chi connectivity index (χ3v) is 6.88. The third-order valence-electron chi connectivity index (χ3n) is 6.88. The summed E-state index contributed by atoms with van der Waals surface area (Å²) in [4.78, 5) is 4.69. The molecular formula is C27H28F2N2O. The van der Waals surface area contributed by atoms with E-state index < -0.39 is 6.10 Å². The molecule has 1 N–H and O–H groups in total. The van der Waals surface area contributed by atoms with Gasteiger partial charge < -0.3 is 14.9 Å². The quantitative estimate of drug-likeness (QED) is 0.532. The molecule has 166 valence electrons. The Morgan fingerprint density at radius 2 is 1.69 bits per heavy atom. The molecule has 3 aromatic rings. The molecule has 0 bridgehead atoms. The van der Waals surface area contributed by atoms with Crippen LogP contribution in [0.5, 0.6) is 0 Å². The number of aliphatic hydroxyl groups is 1. The molecule has 0 amide bonds. The van der Waals surface area contributed by atoms with Crippen molar-refractivity contribution in [3.63, 3.8) is 0 Å². The number of halogens is 2. The van der Waals surface area contributed by atoms with Gasteiger partial charge in [0, 0.05) is 36.4 Å². The topological polar surface area (TPSA) is 26.7 Å². The monoisotopic (exact) mass is 434 g/mol. The maximum absolute atomic E-state index is 14.1. The molecule has 0 aliphatic carbocycles. The largest absolute Gasteiger partial charge is 0.388 e. The SMILES string of the molecule is OC(CCCN1CC[C@H]2[C@H](C1)c1cc(F)ccc1N2c1ccc(F)cc1)c1ccccc1. The summed E-state index contributed by atoms with van der Waals surface area (Å²) < 4.78 is 27.6. The lowest BCUT2D eigenvalue weighted by molar-refractivity contribution is 0.145. The predicted molar refractivity (Wildman–Crippen MR) is 123 cm³/mol. The second-order valence-electron chi connectivity index (χ2n) is 8.88. The van der Waals surface area contributed by atoms with Gasteiger partial charge in [0.15, 0.2) is 0 Å². The van der Waals surface area contributed by atoms with E-state index in [9.17, 15) is 13.9 Å². The molecule has 2 aliphatic rings. The first-order chi connectivity index (χ1) is 15.6. The molecular weight excluding hydrogens is 406 g/mol. The molecule has 3 aromatic carbocycles. The highest BCUT2D eigenvalue weighted by atomic mass is 19.1. The molecule has 1 saturated heterocycles. The standard InChI is InChI=1S/C27H28F2N2O/c28-20-8-11-22(12-9-20)31-25-13-10-21(29)17-23(25)24-18-30(16-14-26(24)31)15-4-7-27(32)19-5-2-1-3-6-19/h1-3,5-6,8-13,17,24,26-27,32H,4,7,14-16,18H2/t24-,26+,27?/m1/s1. The minimum absolute atomic E-state index is 0.207. The van der Waals surface area contributed by atoms with Crippen LogP contribution in [-0.2, 0) is 0 Å². The molecule has 0 radical (unpaired) electrons. The van der Waals surface area contributed by atoms with Crippen LogP contribution in [0.1, 0.15) is 42.4 Å². The second kappa shape index (κ2) is 9.00.